The van der Waals surface area contributed by atoms with Gasteiger partial charge in [-0.2, -0.15) is 0 Å². The zero-order chi connectivity index (χ0) is 14.2. The molecule has 6 heteroatoms. The van der Waals surface area contributed by atoms with E-state index in [0.29, 0.717) is 12.1 Å². The van der Waals surface area contributed by atoms with Crippen LogP contribution in [-0.4, -0.2) is 11.1 Å². The van der Waals surface area contributed by atoms with E-state index < -0.39 is 45.9 Å². The van der Waals surface area contributed by atoms with E-state index in [-0.39, 0.29) is 0 Å². The van der Waals surface area contributed by atoms with Crippen molar-refractivity contribution in [1.82, 2.24) is 0 Å². The third-order valence-electron chi connectivity index (χ3n) is 2.53. The van der Waals surface area contributed by atoms with Gasteiger partial charge in [0.05, 0.1) is 5.56 Å². The van der Waals surface area contributed by atoms with E-state index in [9.17, 15) is 22.4 Å². The molecule has 0 heterocycles. The number of hydrogen-bond acceptors (Lipinski definition) is 1. The normalized spacial score (nSPS) is 10.5. The average molecular weight is 270 g/mol. The fourth-order valence-electron chi connectivity index (χ4n) is 1.66. The fraction of sp³-hybridized carbons (Fsp3) is 0. The van der Waals surface area contributed by atoms with Crippen LogP contribution in [0.25, 0.3) is 11.1 Å². The summed E-state index contributed by atoms with van der Waals surface area (Å²) in [7, 11) is 0. The first-order valence-electron chi connectivity index (χ1n) is 5.08. The van der Waals surface area contributed by atoms with Gasteiger partial charge in [0, 0.05) is 11.1 Å². The van der Waals surface area contributed by atoms with E-state index in [2.05, 4.69) is 0 Å². The summed E-state index contributed by atoms with van der Waals surface area (Å²) in [5, 5.41) is 8.90. The summed E-state index contributed by atoms with van der Waals surface area (Å²) in [5.74, 6) is -6.83. The highest BCUT2D eigenvalue weighted by Crippen LogP contribution is 2.29. The Labute approximate surface area is 104 Å². The van der Waals surface area contributed by atoms with Crippen LogP contribution in [0.4, 0.5) is 17.6 Å². The molecule has 98 valence electrons. The smallest absolute Gasteiger partial charge is 0.336 e. The SMILES string of the molecule is O=C(O)c1cc(F)c(F)cc1-c1cccc(F)c1F. The van der Waals surface area contributed by atoms with E-state index in [1.165, 1.54) is 0 Å². The molecule has 2 aromatic rings. The summed E-state index contributed by atoms with van der Waals surface area (Å²) in [5.41, 5.74) is -1.52. The standard InChI is InChI=1S/C13H6F4O2/c14-9-3-1-2-6(12(9)17)7-4-10(15)11(16)5-8(7)13(18)19/h1-5H,(H,18,19). The van der Waals surface area contributed by atoms with Crippen molar-refractivity contribution in [1.29, 1.82) is 0 Å². The summed E-state index contributed by atoms with van der Waals surface area (Å²) in [4.78, 5) is 10.9. The molecule has 0 bridgehead atoms. The molecule has 0 saturated carbocycles. The average Bonchev–Trinajstić information content (AvgIpc) is 2.35. The first-order chi connectivity index (χ1) is 8.91. The molecular formula is C13H6F4O2. The van der Waals surface area contributed by atoms with E-state index in [0.717, 1.165) is 18.2 Å². The molecule has 0 spiro atoms. The van der Waals surface area contributed by atoms with Crippen LogP contribution < -0.4 is 0 Å². The molecule has 0 aliphatic heterocycles. The molecule has 2 nitrogen and oxygen atoms in total. The lowest BCUT2D eigenvalue weighted by Crippen LogP contribution is -2.03. The van der Waals surface area contributed by atoms with Crippen LogP contribution in [0.1, 0.15) is 10.4 Å². The summed E-state index contributed by atoms with van der Waals surface area (Å²) in [6.45, 7) is 0. The minimum Gasteiger partial charge on any atom is -0.478 e. The van der Waals surface area contributed by atoms with Crippen molar-refractivity contribution in [2.24, 2.45) is 0 Å². The number of halogens is 4. The Bertz CT molecular complexity index is 668. The maximum absolute atomic E-state index is 13.6. The summed E-state index contributed by atoms with van der Waals surface area (Å²) < 4.78 is 52.8. The Morgan fingerprint density at radius 1 is 0.895 bits per heavy atom. The number of aromatic carboxylic acids is 1. The van der Waals surface area contributed by atoms with Crippen molar-refractivity contribution in [2.75, 3.05) is 0 Å². The number of hydrogen-bond donors (Lipinski definition) is 1. The molecule has 0 aromatic heterocycles. The van der Waals surface area contributed by atoms with E-state index in [1.54, 1.807) is 0 Å². The number of rotatable bonds is 2. The lowest BCUT2D eigenvalue weighted by atomic mass is 9.98. The van der Waals surface area contributed by atoms with Gasteiger partial charge in [0.2, 0.25) is 0 Å². The quantitative estimate of drug-likeness (QED) is 0.846. The number of carboxylic acids is 1. The molecule has 0 aliphatic rings. The van der Waals surface area contributed by atoms with Gasteiger partial charge >= 0.3 is 5.97 Å². The molecule has 19 heavy (non-hydrogen) atoms. The topological polar surface area (TPSA) is 37.3 Å². The largest absolute Gasteiger partial charge is 0.478 e. The van der Waals surface area contributed by atoms with Crippen molar-refractivity contribution in [2.45, 2.75) is 0 Å². The van der Waals surface area contributed by atoms with Gasteiger partial charge in [-0.05, 0) is 18.2 Å². The van der Waals surface area contributed by atoms with E-state index in [1.807, 2.05) is 0 Å². The number of benzene rings is 2. The minimum atomic E-state index is -1.57. The first-order valence-corrected chi connectivity index (χ1v) is 5.08. The molecule has 0 aliphatic carbocycles. The Morgan fingerprint density at radius 3 is 2.16 bits per heavy atom. The summed E-state index contributed by atoms with van der Waals surface area (Å²) >= 11 is 0. The third kappa shape index (κ3) is 2.29. The molecule has 0 unspecified atom stereocenters. The van der Waals surface area contributed by atoms with Crippen molar-refractivity contribution < 1.29 is 27.5 Å². The molecule has 2 rings (SSSR count). The first kappa shape index (κ1) is 13.1. The van der Waals surface area contributed by atoms with Crippen LogP contribution >= 0.6 is 0 Å². The lowest BCUT2D eigenvalue weighted by Gasteiger charge is -2.08. The molecule has 0 fully saturated rings. The van der Waals surface area contributed by atoms with Crippen LogP contribution in [0.5, 0.6) is 0 Å². The zero-order valence-electron chi connectivity index (χ0n) is 9.25. The minimum absolute atomic E-state index is 0.427. The summed E-state index contributed by atoms with van der Waals surface area (Å²) in [6.07, 6.45) is 0. The Kier molecular flexibility index (Phi) is 3.25. The fourth-order valence-corrected chi connectivity index (χ4v) is 1.66. The maximum Gasteiger partial charge on any atom is 0.336 e. The Morgan fingerprint density at radius 2 is 1.53 bits per heavy atom. The molecular weight excluding hydrogens is 264 g/mol. The highest BCUT2D eigenvalue weighted by atomic mass is 19.2. The predicted octanol–water partition coefficient (Wildman–Crippen LogP) is 3.61. The molecule has 0 saturated heterocycles. The number of carboxylic acid groups (broad SMARTS) is 1. The van der Waals surface area contributed by atoms with Gasteiger partial charge in [0.15, 0.2) is 23.3 Å². The third-order valence-corrected chi connectivity index (χ3v) is 2.53. The Hall–Kier alpha value is -2.37. The second-order valence-corrected chi connectivity index (χ2v) is 3.72. The van der Waals surface area contributed by atoms with Crippen LogP contribution in [0.3, 0.4) is 0 Å². The molecule has 2 aromatic carbocycles. The second-order valence-electron chi connectivity index (χ2n) is 3.72. The molecule has 0 amide bonds. The van der Waals surface area contributed by atoms with Crippen LogP contribution in [0, 0.1) is 23.3 Å². The Balaban J connectivity index is 2.77. The van der Waals surface area contributed by atoms with Crippen molar-refractivity contribution in [3.8, 4) is 11.1 Å². The summed E-state index contributed by atoms with van der Waals surface area (Å²) in [6, 6.07) is 4.01. The molecule has 0 atom stereocenters. The highest BCUT2D eigenvalue weighted by Gasteiger charge is 2.20. The van der Waals surface area contributed by atoms with Gasteiger partial charge in [0.25, 0.3) is 0 Å². The van der Waals surface area contributed by atoms with Gasteiger partial charge in [-0.15, -0.1) is 0 Å². The molecule has 0 radical (unpaired) electrons. The van der Waals surface area contributed by atoms with Crippen molar-refractivity contribution >= 4 is 5.97 Å². The van der Waals surface area contributed by atoms with Crippen molar-refractivity contribution in [3.63, 3.8) is 0 Å². The maximum atomic E-state index is 13.6. The molecule has 1 N–H and O–H groups in total. The second kappa shape index (κ2) is 4.72. The van der Waals surface area contributed by atoms with Gasteiger partial charge < -0.3 is 5.11 Å². The van der Waals surface area contributed by atoms with Gasteiger partial charge in [-0.3, -0.25) is 0 Å². The van der Waals surface area contributed by atoms with Gasteiger partial charge in [0.1, 0.15) is 0 Å². The van der Waals surface area contributed by atoms with Gasteiger partial charge in [-0.1, -0.05) is 12.1 Å². The van der Waals surface area contributed by atoms with E-state index >= 15 is 0 Å². The lowest BCUT2D eigenvalue weighted by molar-refractivity contribution is 0.0697. The van der Waals surface area contributed by atoms with Crippen LogP contribution in [0.15, 0.2) is 30.3 Å². The van der Waals surface area contributed by atoms with E-state index in [4.69, 9.17) is 5.11 Å². The zero-order valence-corrected chi connectivity index (χ0v) is 9.25. The van der Waals surface area contributed by atoms with Gasteiger partial charge in [-0.25, -0.2) is 22.4 Å². The number of carbonyl (C=O) groups is 1. The van der Waals surface area contributed by atoms with Crippen LogP contribution in [-0.2, 0) is 0 Å². The predicted molar refractivity (Wildman–Crippen MR) is 58.7 cm³/mol. The monoisotopic (exact) mass is 270 g/mol. The van der Waals surface area contributed by atoms with Crippen molar-refractivity contribution in [3.05, 3.63) is 59.2 Å². The van der Waals surface area contributed by atoms with Crippen LogP contribution in [0.2, 0.25) is 0 Å². The highest BCUT2D eigenvalue weighted by molar-refractivity contribution is 5.96.